The van der Waals surface area contributed by atoms with Gasteiger partial charge in [-0.05, 0) is 62.2 Å². The molecule has 1 aliphatic carbocycles. The zero-order valence-electron chi connectivity index (χ0n) is 15.8. The fraction of sp³-hybridized carbons (Fsp3) is 0.381. The van der Waals surface area contributed by atoms with Crippen LogP contribution in [-0.2, 0) is 4.79 Å². The van der Waals surface area contributed by atoms with Crippen molar-refractivity contribution < 1.29 is 9.21 Å². The largest absolute Gasteiger partial charge is 0.463 e. The summed E-state index contributed by atoms with van der Waals surface area (Å²) in [5.41, 5.74) is 0.973. The predicted octanol–water partition coefficient (Wildman–Crippen LogP) is 2.93. The number of benzene rings is 1. The fourth-order valence-corrected chi connectivity index (χ4v) is 3.70. The maximum Gasteiger partial charge on any atom is 0.277 e. The van der Waals surface area contributed by atoms with E-state index in [-0.39, 0.29) is 11.3 Å². The molecular formula is C21H23N3O3S. The molecule has 6 nitrogen and oxygen atoms in total. The van der Waals surface area contributed by atoms with E-state index in [0.717, 1.165) is 25.4 Å². The summed E-state index contributed by atoms with van der Waals surface area (Å²) in [5.74, 6) is 0.525. The molecule has 0 bridgehead atoms. The van der Waals surface area contributed by atoms with Crippen molar-refractivity contribution in [2.24, 2.45) is 5.92 Å². The number of rotatable bonds is 7. The standard InChI is InChI=1S/C21H23N3O3S/c1-2-9-23(11-14-7-8-14)13-24-20(26)17(22-21(24)28)10-15-12-27-18-6-4-3-5-16(18)19(15)25/h3-6,10,12,14H,2,7-9,11,13H2,1H3,(H,22,28). The zero-order chi connectivity index (χ0) is 19.7. The molecule has 2 aromatic rings. The number of para-hydroxylation sites is 1. The van der Waals surface area contributed by atoms with Crippen LogP contribution in [0.2, 0.25) is 0 Å². The van der Waals surface area contributed by atoms with Crippen molar-refractivity contribution in [1.29, 1.82) is 0 Å². The van der Waals surface area contributed by atoms with Crippen LogP contribution in [0.1, 0.15) is 31.7 Å². The van der Waals surface area contributed by atoms with Gasteiger partial charge in [0.2, 0.25) is 0 Å². The van der Waals surface area contributed by atoms with Gasteiger partial charge >= 0.3 is 0 Å². The maximum absolute atomic E-state index is 12.9. The minimum Gasteiger partial charge on any atom is -0.463 e. The first-order valence-electron chi connectivity index (χ1n) is 9.64. The van der Waals surface area contributed by atoms with E-state index < -0.39 is 0 Å². The molecule has 1 saturated carbocycles. The minimum absolute atomic E-state index is 0.172. The van der Waals surface area contributed by atoms with Crippen LogP contribution in [0, 0.1) is 5.92 Å². The van der Waals surface area contributed by atoms with Crippen molar-refractivity contribution in [2.75, 3.05) is 19.8 Å². The zero-order valence-corrected chi connectivity index (χ0v) is 16.6. The molecule has 1 aromatic carbocycles. The third kappa shape index (κ3) is 3.86. The van der Waals surface area contributed by atoms with E-state index in [1.807, 2.05) is 6.07 Å². The van der Waals surface area contributed by atoms with Crippen molar-refractivity contribution in [1.82, 2.24) is 15.1 Å². The molecule has 0 spiro atoms. The lowest BCUT2D eigenvalue weighted by Crippen LogP contribution is -2.42. The normalized spacial score (nSPS) is 18.5. The van der Waals surface area contributed by atoms with Crippen molar-refractivity contribution in [3.63, 3.8) is 0 Å². The van der Waals surface area contributed by atoms with E-state index >= 15 is 0 Å². The van der Waals surface area contributed by atoms with Gasteiger partial charge in [0, 0.05) is 6.54 Å². The van der Waals surface area contributed by atoms with Gasteiger partial charge in [-0.1, -0.05) is 19.1 Å². The Kier molecular flexibility index (Phi) is 5.28. The van der Waals surface area contributed by atoms with Crippen LogP contribution in [0.3, 0.4) is 0 Å². The first-order valence-corrected chi connectivity index (χ1v) is 10.0. The van der Waals surface area contributed by atoms with Gasteiger partial charge in [0.15, 0.2) is 10.5 Å². The van der Waals surface area contributed by atoms with Crippen LogP contribution in [0.5, 0.6) is 0 Å². The molecule has 1 aliphatic heterocycles. The molecule has 2 aliphatic rings. The average Bonchev–Trinajstić information content (AvgIpc) is 3.46. The molecule has 4 rings (SSSR count). The second-order valence-corrected chi connectivity index (χ2v) is 7.79. The van der Waals surface area contributed by atoms with Crippen LogP contribution in [0.25, 0.3) is 17.0 Å². The summed E-state index contributed by atoms with van der Waals surface area (Å²) in [6.45, 7) is 4.52. The Morgan fingerprint density at radius 2 is 2.11 bits per heavy atom. The number of fused-ring (bicyclic) bond motifs is 1. The number of thiocarbonyl (C=S) groups is 1. The number of amides is 1. The summed E-state index contributed by atoms with van der Waals surface area (Å²) in [5, 5.41) is 3.82. The third-order valence-corrected chi connectivity index (χ3v) is 5.39. The molecule has 146 valence electrons. The van der Waals surface area contributed by atoms with E-state index in [2.05, 4.69) is 17.1 Å². The Labute approximate surface area is 168 Å². The molecule has 0 atom stereocenters. The summed E-state index contributed by atoms with van der Waals surface area (Å²) < 4.78 is 5.53. The molecule has 1 N–H and O–H groups in total. The Balaban J connectivity index is 1.56. The molecule has 1 aromatic heterocycles. The quantitative estimate of drug-likeness (QED) is 0.572. The first-order chi connectivity index (χ1) is 13.6. The second-order valence-electron chi connectivity index (χ2n) is 7.40. The summed E-state index contributed by atoms with van der Waals surface area (Å²) >= 11 is 5.38. The summed E-state index contributed by atoms with van der Waals surface area (Å²) in [6.07, 6.45) is 6.46. The van der Waals surface area contributed by atoms with E-state index in [9.17, 15) is 9.59 Å². The topological polar surface area (TPSA) is 65.8 Å². The molecular weight excluding hydrogens is 374 g/mol. The Morgan fingerprint density at radius 3 is 2.86 bits per heavy atom. The van der Waals surface area contributed by atoms with Crippen LogP contribution in [0.15, 0.2) is 45.4 Å². The Hall–Kier alpha value is -2.51. The van der Waals surface area contributed by atoms with Gasteiger partial charge in [0.25, 0.3) is 5.91 Å². The van der Waals surface area contributed by atoms with Crippen molar-refractivity contribution >= 4 is 40.3 Å². The van der Waals surface area contributed by atoms with Gasteiger partial charge in [-0.3, -0.25) is 19.4 Å². The van der Waals surface area contributed by atoms with E-state index in [1.54, 1.807) is 23.1 Å². The highest BCUT2D eigenvalue weighted by molar-refractivity contribution is 7.80. The molecule has 0 unspecified atom stereocenters. The Bertz CT molecular complexity index is 1010. The van der Waals surface area contributed by atoms with Gasteiger partial charge < -0.3 is 9.73 Å². The highest BCUT2D eigenvalue weighted by Crippen LogP contribution is 2.30. The maximum atomic E-state index is 12.9. The number of nitrogens with zero attached hydrogens (tertiary/aromatic N) is 2. The molecule has 28 heavy (non-hydrogen) atoms. The van der Waals surface area contributed by atoms with E-state index in [1.165, 1.54) is 25.2 Å². The molecule has 1 amide bonds. The summed E-state index contributed by atoms with van der Waals surface area (Å²) in [6, 6.07) is 7.05. The lowest BCUT2D eigenvalue weighted by Gasteiger charge is -2.26. The SMILES string of the molecule is CCCN(CC1CC1)CN1C(=O)C(=Cc2coc3ccccc3c2=O)NC1=S. The van der Waals surface area contributed by atoms with Crippen molar-refractivity contribution in [3.8, 4) is 0 Å². The van der Waals surface area contributed by atoms with Gasteiger partial charge in [0.05, 0.1) is 17.6 Å². The van der Waals surface area contributed by atoms with Crippen molar-refractivity contribution in [2.45, 2.75) is 26.2 Å². The third-order valence-electron chi connectivity index (χ3n) is 5.06. The average molecular weight is 398 g/mol. The number of carbonyl (C=O) groups is 1. The number of hydrogen-bond acceptors (Lipinski definition) is 5. The van der Waals surface area contributed by atoms with Crippen LogP contribution in [0.4, 0.5) is 0 Å². The highest BCUT2D eigenvalue weighted by Gasteiger charge is 2.33. The molecule has 2 fully saturated rings. The number of hydrogen-bond donors (Lipinski definition) is 1. The van der Waals surface area contributed by atoms with E-state index in [4.69, 9.17) is 16.6 Å². The molecule has 0 radical (unpaired) electrons. The predicted molar refractivity (Wildman–Crippen MR) is 112 cm³/mol. The smallest absolute Gasteiger partial charge is 0.277 e. The van der Waals surface area contributed by atoms with Gasteiger partial charge in [0.1, 0.15) is 17.5 Å². The highest BCUT2D eigenvalue weighted by atomic mass is 32.1. The summed E-state index contributed by atoms with van der Waals surface area (Å²) in [4.78, 5) is 29.4. The van der Waals surface area contributed by atoms with Crippen LogP contribution in [-0.4, -0.2) is 40.6 Å². The molecule has 1 saturated heterocycles. The monoisotopic (exact) mass is 397 g/mol. The molecule has 7 heteroatoms. The van der Waals surface area contributed by atoms with Gasteiger partial charge in [-0.25, -0.2) is 0 Å². The van der Waals surface area contributed by atoms with Crippen molar-refractivity contribution in [3.05, 3.63) is 52.0 Å². The van der Waals surface area contributed by atoms with Gasteiger partial charge in [-0.15, -0.1) is 0 Å². The van der Waals surface area contributed by atoms with Gasteiger partial charge in [-0.2, -0.15) is 0 Å². The minimum atomic E-state index is -0.213. The number of carbonyl (C=O) groups excluding carboxylic acids is 1. The first kappa shape index (κ1) is 18.8. The molecule has 2 heterocycles. The lowest BCUT2D eigenvalue weighted by atomic mass is 10.1. The van der Waals surface area contributed by atoms with E-state index in [0.29, 0.717) is 34.0 Å². The van der Waals surface area contributed by atoms with Crippen LogP contribution < -0.4 is 10.7 Å². The fourth-order valence-electron chi connectivity index (χ4n) is 3.45. The lowest BCUT2D eigenvalue weighted by molar-refractivity contribution is -0.123. The number of nitrogens with one attached hydrogen (secondary N) is 1. The summed E-state index contributed by atoms with van der Waals surface area (Å²) in [7, 11) is 0. The van der Waals surface area contributed by atoms with Crippen LogP contribution >= 0.6 is 12.2 Å². The Morgan fingerprint density at radius 1 is 1.32 bits per heavy atom. The second kappa shape index (κ2) is 7.85.